The van der Waals surface area contributed by atoms with Crippen molar-refractivity contribution >= 4 is 36.1 Å². The molecule has 2 aromatic carbocycles. The summed E-state index contributed by atoms with van der Waals surface area (Å²) in [7, 11) is 0. The van der Waals surface area contributed by atoms with Crippen molar-refractivity contribution in [3.8, 4) is 0 Å². The summed E-state index contributed by atoms with van der Waals surface area (Å²) in [6, 6.07) is 17.5. The van der Waals surface area contributed by atoms with Crippen LogP contribution in [-0.4, -0.2) is 37.1 Å². The summed E-state index contributed by atoms with van der Waals surface area (Å²) in [6.45, 7) is 3.42. The van der Waals surface area contributed by atoms with Crippen molar-refractivity contribution in [2.45, 2.75) is 44.9 Å². The molecule has 2 aliphatic carbocycles. The Morgan fingerprint density at radius 1 is 0.848 bits per heavy atom. The molecular weight excluding hydrogens is 430 g/mol. The highest BCUT2D eigenvalue weighted by molar-refractivity contribution is 5.94. The second kappa shape index (κ2) is 11.2. The first-order valence-corrected chi connectivity index (χ1v) is 12.3. The highest BCUT2D eigenvalue weighted by Crippen LogP contribution is 2.38. The van der Waals surface area contributed by atoms with Crippen LogP contribution in [0.1, 0.15) is 67.2 Å². The van der Waals surface area contributed by atoms with Gasteiger partial charge in [0.15, 0.2) is 0 Å². The van der Waals surface area contributed by atoms with E-state index in [4.69, 9.17) is 4.74 Å². The lowest BCUT2D eigenvalue weighted by Crippen LogP contribution is -2.35. The van der Waals surface area contributed by atoms with E-state index in [1.54, 1.807) is 5.57 Å². The summed E-state index contributed by atoms with van der Waals surface area (Å²) < 4.78 is 5.64. The Hall–Kier alpha value is -2.36. The molecule has 1 heterocycles. The molecule has 0 unspecified atom stereocenters. The number of ether oxygens (including phenoxy) is 1. The number of hydrogen-bond donors (Lipinski definition) is 0. The molecule has 2 fully saturated rings. The van der Waals surface area contributed by atoms with Crippen LogP contribution >= 0.6 is 12.4 Å². The predicted molar refractivity (Wildman–Crippen MR) is 138 cm³/mol. The van der Waals surface area contributed by atoms with Gasteiger partial charge in [-0.3, -0.25) is 9.69 Å². The van der Waals surface area contributed by atoms with Crippen molar-refractivity contribution in [1.82, 2.24) is 4.90 Å². The first-order valence-electron chi connectivity index (χ1n) is 12.3. The number of piperidine rings is 1. The molecule has 1 saturated carbocycles. The van der Waals surface area contributed by atoms with Crippen LogP contribution in [0.2, 0.25) is 0 Å². The van der Waals surface area contributed by atoms with Crippen molar-refractivity contribution < 1.29 is 9.53 Å². The van der Waals surface area contributed by atoms with Gasteiger partial charge in [-0.1, -0.05) is 85.5 Å². The molecule has 3 nitrogen and oxygen atoms in total. The minimum atomic E-state index is 0. The summed E-state index contributed by atoms with van der Waals surface area (Å²) in [5, 5.41) is 0. The number of hydrogen-bond acceptors (Lipinski definition) is 3. The lowest BCUT2D eigenvalue weighted by molar-refractivity contribution is -0.150. The van der Waals surface area contributed by atoms with Crippen LogP contribution < -0.4 is 0 Å². The third-order valence-corrected chi connectivity index (χ3v) is 7.31. The summed E-state index contributed by atoms with van der Waals surface area (Å²) in [5.74, 6) is 0.175. The number of benzene rings is 2. The molecule has 0 N–H and O–H groups in total. The number of nitrogens with zero attached hydrogens (tertiary/aromatic N) is 1. The van der Waals surface area contributed by atoms with E-state index in [0.717, 1.165) is 45.3 Å². The van der Waals surface area contributed by atoms with Gasteiger partial charge in [-0.05, 0) is 53.5 Å². The van der Waals surface area contributed by atoms with Gasteiger partial charge in [-0.2, -0.15) is 0 Å². The lowest BCUT2D eigenvalue weighted by Gasteiger charge is -2.30. The van der Waals surface area contributed by atoms with Crippen LogP contribution in [0, 0.1) is 5.92 Å². The molecular formula is C29H34ClNO2. The number of carbonyl (C=O) groups is 1. The highest BCUT2D eigenvalue weighted by atomic mass is 35.5. The van der Waals surface area contributed by atoms with Crippen LogP contribution in [0.15, 0.2) is 54.1 Å². The topological polar surface area (TPSA) is 29.5 Å². The molecule has 0 atom stereocenters. The zero-order chi connectivity index (χ0) is 21.8. The second-order valence-electron chi connectivity index (χ2n) is 9.33. The van der Waals surface area contributed by atoms with E-state index in [9.17, 15) is 4.79 Å². The Labute approximate surface area is 203 Å². The molecule has 0 radical (unpaired) electrons. The first kappa shape index (κ1) is 23.8. The van der Waals surface area contributed by atoms with Gasteiger partial charge in [-0.15, -0.1) is 12.4 Å². The molecule has 33 heavy (non-hydrogen) atoms. The molecule has 0 bridgehead atoms. The van der Waals surface area contributed by atoms with Crippen molar-refractivity contribution in [1.29, 1.82) is 0 Å². The van der Waals surface area contributed by atoms with Gasteiger partial charge >= 0.3 is 5.97 Å². The fourth-order valence-electron chi connectivity index (χ4n) is 5.47. The fraction of sp³-hybridized carbons (Fsp3) is 0.414. The Balaban J connectivity index is 0.00000259. The van der Waals surface area contributed by atoms with Gasteiger partial charge in [0.2, 0.25) is 0 Å². The standard InChI is InChI=1S/C29H33NO2.ClH/c31-29(25-10-2-1-3-11-25)32-21-20-30-18-16-24(17-19-30)28-26-12-6-4-8-22(26)14-15-23-9-5-7-13-27(23)28;/h4-9,12-15,25H,1-3,10-11,16-21H2;1H. The van der Waals surface area contributed by atoms with Gasteiger partial charge in [0, 0.05) is 19.6 Å². The normalized spacial score (nSPS) is 18.7. The zero-order valence-corrected chi connectivity index (χ0v) is 20.1. The minimum Gasteiger partial charge on any atom is -0.464 e. The Bertz CT molecular complexity index is 974. The van der Waals surface area contributed by atoms with E-state index in [1.165, 1.54) is 47.1 Å². The van der Waals surface area contributed by atoms with Gasteiger partial charge < -0.3 is 4.74 Å². The average molecular weight is 464 g/mol. The van der Waals surface area contributed by atoms with Crippen molar-refractivity contribution in [3.63, 3.8) is 0 Å². The summed E-state index contributed by atoms with van der Waals surface area (Å²) in [6.07, 6.45) is 12.3. The second-order valence-corrected chi connectivity index (χ2v) is 9.33. The molecule has 0 spiro atoms. The van der Waals surface area contributed by atoms with Gasteiger partial charge in [-0.25, -0.2) is 0 Å². The summed E-state index contributed by atoms with van der Waals surface area (Å²) in [4.78, 5) is 14.8. The van der Waals surface area contributed by atoms with Crippen LogP contribution in [0.25, 0.3) is 17.7 Å². The summed E-state index contributed by atoms with van der Waals surface area (Å²) >= 11 is 0. The van der Waals surface area contributed by atoms with Crippen molar-refractivity contribution in [2.75, 3.05) is 26.2 Å². The molecule has 2 aromatic rings. The maximum Gasteiger partial charge on any atom is 0.308 e. The third kappa shape index (κ3) is 5.42. The van der Waals surface area contributed by atoms with Crippen molar-refractivity contribution in [2.24, 2.45) is 5.92 Å². The Morgan fingerprint density at radius 2 is 1.42 bits per heavy atom. The van der Waals surface area contributed by atoms with E-state index in [-0.39, 0.29) is 24.3 Å². The van der Waals surface area contributed by atoms with E-state index >= 15 is 0 Å². The maximum absolute atomic E-state index is 12.3. The quantitative estimate of drug-likeness (QED) is 0.407. The van der Waals surface area contributed by atoms with Crippen LogP contribution in [0.5, 0.6) is 0 Å². The monoisotopic (exact) mass is 463 g/mol. The number of rotatable bonds is 4. The number of halogens is 1. The number of esters is 1. The molecule has 0 amide bonds. The van der Waals surface area contributed by atoms with Crippen LogP contribution in [0.4, 0.5) is 0 Å². The van der Waals surface area contributed by atoms with E-state index < -0.39 is 0 Å². The number of fused-ring (bicyclic) bond motifs is 2. The average Bonchev–Trinajstić information content (AvgIpc) is 3.02. The molecule has 3 aliphatic rings. The van der Waals surface area contributed by atoms with E-state index in [1.807, 2.05) is 0 Å². The largest absolute Gasteiger partial charge is 0.464 e. The van der Waals surface area contributed by atoms with E-state index in [2.05, 4.69) is 65.6 Å². The SMILES string of the molecule is Cl.O=C(OCCN1CCC(=C2c3ccccc3C=Cc3ccccc32)CC1)C1CCCCC1. The van der Waals surface area contributed by atoms with E-state index in [0.29, 0.717) is 6.61 Å². The first-order chi connectivity index (χ1) is 15.8. The Morgan fingerprint density at radius 3 is 2.03 bits per heavy atom. The molecule has 5 rings (SSSR count). The number of likely N-dealkylation sites (tertiary alicyclic amines) is 1. The van der Waals surface area contributed by atoms with Crippen molar-refractivity contribution in [3.05, 3.63) is 76.4 Å². The zero-order valence-electron chi connectivity index (χ0n) is 19.3. The van der Waals surface area contributed by atoms with Gasteiger partial charge in [0.1, 0.15) is 6.61 Å². The lowest BCUT2D eigenvalue weighted by atomic mass is 9.86. The molecule has 1 saturated heterocycles. The van der Waals surface area contributed by atoms with Gasteiger partial charge in [0.05, 0.1) is 5.92 Å². The van der Waals surface area contributed by atoms with Gasteiger partial charge in [0.25, 0.3) is 0 Å². The Kier molecular flexibility index (Phi) is 8.06. The molecule has 0 aromatic heterocycles. The smallest absolute Gasteiger partial charge is 0.308 e. The van der Waals surface area contributed by atoms with Crippen LogP contribution in [0.3, 0.4) is 0 Å². The third-order valence-electron chi connectivity index (χ3n) is 7.31. The van der Waals surface area contributed by atoms with Crippen LogP contribution in [-0.2, 0) is 9.53 Å². The minimum absolute atomic E-state index is 0. The maximum atomic E-state index is 12.3. The molecule has 1 aliphatic heterocycles. The predicted octanol–water partition coefficient (Wildman–Crippen LogP) is 6.61. The molecule has 4 heteroatoms. The fourth-order valence-corrected chi connectivity index (χ4v) is 5.47. The summed E-state index contributed by atoms with van der Waals surface area (Å²) in [5.41, 5.74) is 8.25. The molecule has 174 valence electrons. The number of carbonyl (C=O) groups excluding carboxylic acids is 1. The highest BCUT2D eigenvalue weighted by Gasteiger charge is 2.24.